The number of primary amides is 1. The fraction of sp³-hybridized carbons (Fsp3) is 0.385. The number of pyridine rings is 1. The summed E-state index contributed by atoms with van der Waals surface area (Å²) in [5.41, 5.74) is 6.74. The van der Waals surface area contributed by atoms with Gasteiger partial charge in [-0.3, -0.25) is 4.79 Å². The zero-order chi connectivity index (χ0) is 13.8. The van der Waals surface area contributed by atoms with Gasteiger partial charge in [-0.2, -0.15) is 0 Å². The van der Waals surface area contributed by atoms with Gasteiger partial charge in [-0.15, -0.1) is 0 Å². The number of hydrogen-bond acceptors (Lipinski definition) is 4. The largest absolute Gasteiger partial charge is 0.480 e. The minimum Gasteiger partial charge on any atom is -0.480 e. The second-order valence-corrected chi connectivity index (χ2v) is 4.48. The van der Waals surface area contributed by atoms with Gasteiger partial charge in [-0.1, -0.05) is 0 Å². The number of nitrogens with one attached hydrogen (secondary N) is 1. The Morgan fingerprint density at radius 2 is 2.42 bits per heavy atom. The normalized spacial score (nSPS) is 12.5. The standard InChI is InChI=1S/C13H18N4O2/c1-9(15-2)6-10-7-17-5-3-4-11(13(17)16-10)19-8-12(14)18/h3-5,7,9,15H,6,8H2,1-2H3,(H2,14,18). The Balaban J connectivity index is 2.25. The quantitative estimate of drug-likeness (QED) is 0.787. The van der Waals surface area contributed by atoms with Crippen molar-refractivity contribution in [2.45, 2.75) is 19.4 Å². The monoisotopic (exact) mass is 262 g/mol. The number of amides is 1. The SMILES string of the molecule is CNC(C)Cc1cn2cccc(OCC(N)=O)c2n1. The molecular weight excluding hydrogens is 244 g/mol. The third kappa shape index (κ3) is 3.23. The van der Waals surface area contributed by atoms with Crippen molar-refractivity contribution >= 4 is 11.6 Å². The van der Waals surface area contributed by atoms with Gasteiger partial charge in [-0.25, -0.2) is 4.98 Å². The van der Waals surface area contributed by atoms with Gasteiger partial charge in [0.1, 0.15) is 0 Å². The Bertz CT molecular complexity index is 579. The molecule has 1 atom stereocenters. The molecule has 0 aliphatic carbocycles. The Morgan fingerprint density at radius 3 is 3.11 bits per heavy atom. The van der Waals surface area contributed by atoms with E-state index in [1.165, 1.54) is 0 Å². The third-order valence-corrected chi connectivity index (χ3v) is 2.87. The second kappa shape index (κ2) is 5.71. The Labute approximate surface area is 111 Å². The molecule has 0 saturated heterocycles. The molecule has 0 spiro atoms. The van der Waals surface area contributed by atoms with E-state index < -0.39 is 5.91 Å². The number of nitrogens with two attached hydrogens (primary N) is 1. The van der Waals surface area contributed by atoms with E-state index in [0.717, 1.165) is 12.1 Å². The van der Waals surface area contributed by atoms with E-state index in [4.69, 9.17) is 10.5 Å². The average molecular weight is 262 g/mol. The van der Waals surface area contributed by atoms with Crippen molar-refractivity contribution in [1.82, 2.24) is 14.7 Å². The second-order valence-electron chi connectivity index (χ2n) is 4.48. The molecule has 6 nitrogen and oxygen atoms in total. The molecule has 2 rings (SSSR count). The van der Waals surface area contributed by atoms with E-state index in [1.807, 2.05) is 29.9 Å². The van der Waals surface area contributed by atoms with Gasteiger partial charge in [-0.05, 0) is 26.1 Å². The zero-order valence-electron chi connectivity index (χ0n) is 11.1. The number of likely N-dealkylation sites (N-methyl/N-ethyl adjacent to an activating group) is 1. The maximum absolute atomic E-state index is 10.8. The van der Waals surface area contributed by atoms with Crippen LogP contribution < -0.4 is 15.8 Å². The van der Waals surface area contributed by atoms with E-state index in [1.54, 1.807) is 6.07 Å². The van der Waals surface area contributed by atoms with Crippen molar-refractivity contribution in [3.05, 3.63) is 30.2 Å². The summed E-state index contributed by atoms with van der Waals surface area (Å²) in [5, 5.41) is 3.17. The van der Waals surface area contributed by atoms with Crippen LogP contribution in [0.4, 0.5) is 0 Å². The minimum absolute atomic E-state index is 0.144. The van der Waals surface area contributed by atoms with Crippen LogP contribution in [0, 0.1) is 0 Å². The number of hydrogen-bond donors (Lipinski definition) is 2. The van der Waals surface area contributed by atoms with Gasteiger partial charge in [0.05, 0.1) is 5.69 Å². The summed E-state index contributed by atoms with van der Waals surface area (Å²) in [6.45, 7) is 1.95. The van der Waals surface area contributed by atoms with Gasteiger partial charge in [0.15, 0.2) is 18.0 Å². The number of fused-ring (bicyclic) bond motifs is 1. The molecule has 6 heteroatoms. The molecule has 0 radical (unpaired) electrons. The van der Waals surface area contributed by atoms with Crippen molar-refractivity contribution in [2.75, 3.05) is 13.7 Å². The van der Waals surface area contributed by atoms with E-state index in [-0.39, 0.29) is 6.61 Å². The van der Waals surface area contributed by atoms with Crippen LogP contribution in [0.2, 0.25) is 0 Å². The lowest BCUT2D eigenvalue weighted by atomic mass is 10.2. The van der Waals surface area contributed by atoms with E-state index >= 15 is 0 Å². The molecule has 2 aromatic heterocycles. The highest BCUT2D eigenvalue weighted by Crippen LogP contribution is 2.19. The lowest BCUT2D eigenvalue weighted by Gasteiger charge is -2.06. The van der Waals surface area contributed by atoms with Crippen LogP contribution in [0.5, 0.6) is 5.75 Å². The fourth-order valence-corrected chi connectivity index (χ4v) is 1.81. The molecular formula is C13H18N4O2. The predicted octanol–water partition coefficient (Wildman–Crippen LogP) is 0.349. The summed E-state index contributed by atoms with van der Waals surface area (Å²) in [4.78, 5) is 15.3. The first kappa shape index (κ1) is 13.4. The number of carbonyl (C=O) groups excluding carboxylic acids is 1. The molecule has 1 unspecified atom stereocenters. The number of imidazole rings is 1. The van der Waals surface area contributed by atoms with Crippen LogP contribution in [-0.4, -0.2) is 35.0 Å². The van der Waals surface area contributed by atoms with Crippen molar-refractivity contribution in [1.29, 1.82) is 0 Å². The summed E-state index contributed by atoms with van der Waals surface area (Å²) in [5.74, 6) is 0.0576. The molecule has 2 aromatic rings. The van der Waals surface area contributed by atoms with Gasteiger partial charge >= 0.3 is 0 Å². The van der Waals surface area contributed by atoms with Crippen LogP contribution in [0.1, 0.15) is 12.6 Å². The van der Waals surface area contributed by atoms with Crippen LogP contribution >= 0.6 is 0 Å². The summed E-state index contributed by atoms with van der Waals surface area (Å²) >= 11 is 0. The van der Waals surface area contributed by atoms with Gasteiger partial charge < -0.3 is 20.2 Å². The maximum atomic E-state index is 10.8. The minimum atomic E-state index is -0.502. The molecule has 0 aromatic carbocycles. The van der Waals surface area contributed by atoms with Crippen LogP contribution in [0.3, 0.4) is 0 Å². The molecule has 2 heterocycles. The fourth-order valence-electron chi connectivity index (χ4n) is 1.81. The van der Waals surface area contributed by atoms with Crippen LogP contribution in [-0.2, 0) is 11.2 Å². The summed E-state index contributed by atoms with van der Waals surface area (Å²) in [6.07, 6.45) is 4.68. The number of rotatable bonds is 6. The average Bonchev–Trinajstić information content (AvgIpc) is 2.78. The first-order valence-electron chi connectivity index (χ1n) is 6.15. The van der Waals surface area contributed by atoms with E-state index in [0.29, 0.717) is 17.4 Å². The molecule has 3 N–H and O–H groups in total. The molecule has 0 saturated carbocycles. The smallest absolute Gasteiger partial charge is 0.255 e. The number of carbonyl (C=O) groups is 1. The number of ether oxygens (including phenoxy) is 1. The van der Waals surface area contributed by atoms with E-state index in [2.05, 4.69) is 17.2 Å². The topological polar surface area (TPSA) is 81.6 Å². The lowest BCUT2D eigenvalue weighted by molar-refractivity contribution is -0.119. The van der Waals surface area contributed by atoms with Crippen molar-refractivity contribution in [3.8, 4) is 5.75 Å². The molecule has 0 fully saturated rings. The third-order valence-electron chi connectivity index (χ3n) is 2.87. The van der Waals surface area contributed by atoms with Gasteiger partial charge in [0, 0.05) is 24.9 Å². The summed E-state index contributed by atoms with van der Waals surface area (Å²) in [6, 6.07) is 3.97. The zero-order valence-corrected chi connectivity index (χ0v) is 11.1. The lowest BCUT2D eigenvalue weighted by Crippen LogP contribution is -2.23. The Hall–Kier alpha value is -2.08. The van der Waals surface area contributed by atoms with E-state index in [9.17, 15) is 4.79 Å². The molecule has 0 aliphatic rings. The van der Waals surface area contributed by atoms with Crippen LogP contribution in [0.15, 0.2) is 24.5 Å². The number of nitrogens with zero attached hydrogens (tertiary/aromatic N) is 2. The highest BCUT2D eigenvalue weighted by Gasteiger charge is 2.10. The van der Waals surface area contributed by atoms with Crippen LogP contribution in [0.25, 0.3) is 5.65 Å². The molecule has 0 bridgehead atoms. The predicted molar refractivity (Wildman–Crippen MR) is 72.1 cm³/mol. The summed E-state index contributed by atoms with van der Waals surface area (Å²) < 4.78 is 7.23. The Morgan fingerprint density at radius 1 is 1.63 bits per heavy atom. The highest BCUT2D eigenvalue weighted by molar-refractivity contribution is 5.75. The first-order chi connectivity index (χ1) is 9.10. The first-order valence-corrected chi connectivity index (χ1v) is 6.15. The molecule has 19 heavy (non-hydrogen) atoms. The molecule has 102 valence electrons. The maximum Gasteiger partial charge on any atom is 0.255 e. The van der Waals surface area contributed by atoms with Crippen molar-refractivity contribution in [2.24, 2.45) is 5.73 Å². The highest BCUT2D eigenvalue weighted by atomic mass is 16.5. The molecule has 0 aliphatic heterocycles. The Kier molecular flexibility index (Phi) is 4.01. The number of aromatic nitrogens is 2. The van der Waals surface area contributed by atoms with Gasteiger partial charge in [0.25, 0.3) is 5.91 Å². The summed E-state index contributed by atoms with van der Waals surface area (Å²) in [7, 11) is 1.92. The molecule has 1 amide bonds. The van der Waals surface area contributed by atoms with Crippen molar-refractivity contribution in [3.63, 3.8) is 0 Å². The van der Waals surface area contributed by atoms with Crippen molar-refractivity contribution < 1.29 is 9.53 Å². The van der Waals surface area contributed by atoms with Gasteiger partial charge in [0.2, 0.25) is 0 Å².